The molecule has 0 bridgehead atoms. The lowest BCUT2D eigenvalue weighted by Crippen LogP contribution is -2.32. The van der Waals surface area contributed by atoms with Crippen LogP contribution in [-0.4, -0.2) is 54.7 Å². The number of aromatic nitrogens is 1. The molecule has 3 heterocycles. The quantitative estimate of drug-likeness (QED) is 0.139. The lowest BCUT2D eigenvalue weighted by Gasteiger charge is -2.22. The van der Waals surface area contributed by atoms with Crippen LogP contribution in [0.3, 0.4) is 0 Å². The van der Waals surface area contributed by atoms with E-state index in [1.54, 1.807) is 29.5 Å². The summed E-state index contributed by atoms with van der Waals surface area (Å²) in [6, 6.07) is 12.7. The number of benzene rings is 2. The summed E-state index contributed by atoms with van der Waals surface area (Å²) < 4.78 is 16.7. The van der Waals surface area contributed by atoms with E-state index in [2.05, 4.69) is 27.0 Å². The van der Waals surface area contributed by atoms with E-state index >= 15 is 0 Å². The number of methoxy groups -OCH3 is 1. The normalized spacial score (nSPS) is 12.2. The predicted molar refractivity (Wildman–Crippen MR) is 202 cm³/mol. The third-order valence-corrected chi connectivity index (χ3v) is 9.43. The van der Waals surface area contributed by atoms with Crippen LogP contribution in [0.25, 0.3) is 21.6 Å². The van der Waals surface area contributed by atoms with Gasteiger partial charge < -0.3 is 30.2 Å². The number of carbonyl (C=O) groups is 4. The van der Waals surface area contributed by atoms with Gasteiger partial charge in [0.2, 0.25) is 0 Å². The largest absolute Gasteiger partial charge is 0.493 e. The molecule has 4 aromatic rings. The summed E-state index contributed by atoms with van der Waals surface area (Å²) in [5.74, 6) is -1.00. The molecule has 3 N–H and O–H groups in total. The molecule has 0 radical (unpaired) electrons. The third kappa shape index (κ3) is 8.62. The van der Waals surface area contributed by atoms with E-state index in [0.717, 1.165) is 39.1 Å². The van der Waals surface area contributed by atoms with Gasteiger partial charge in [-0.05, 0) is 98.0 Å². The Bertz CT molecular complexity index is 2010. The van der Waals surface area contributed by atoms with Crippen LogP contribution >= 0.6 is 11.3 Å². The molecule has 1 aliphatic rings. The van der Waals surface area contributed by atoms with Crippen molar-refractivity contribution in [2.75, 3.05) is 25.6 Å². The number of fused-ring (bicyclic) bond motifs is 3. The number of hydrogen-bond donors (Lipinski definition) is 3. The van der Waals surface area contributed by atoms with E-state index < -0.39 is 29.5 Å². The Morgan fingerprint density at radius 2 is 1.75 bits per heavy atom. The van der Waals surface area contributed by atoms with E-state index in [-0.39, 0.29) is 29.4 Å². The van der Waals surface area contributed by atoms with Gasteiger partial charge in [0.15, 0.2) is 5.69 Å². The second-order valence-electron chi connectivity index (χ2n) is 13.9. The zero-order valence-electron chi connectivity index (χ0n) is 30.9. The lowest BCUT2D eigenvalue weighted by molar-refractivity contribution is 0.0522. The van der Waals surface area contributed by atoms with Crippen molar-refractivity contribution >= 4 is 40.9 Å². The van der Waals surface area contributed by atoms with Gasteiger partial charge in [0, 0.05) is 52.3 Å². The monoisotopic (exact) mass is 726 g/mol. The number of pyridine rings is 1. The maximum atomic E-state index is 14.6. The first-order chi connectivity index (χ1) is 24.7. The topological polar surface area (TPSA) is 145 Å². The fourth-order valence-electron chi connectivity index (χ4n) is 6.00. The summed E-state index contributed by atoms with van der Waals surface area (Å²) in [7, 11) is 1.24. The van der Waals surface area contributed by atoms with Crippen molar-refractivity contribution in [3.05, 3.63) is 87.0 Å². The molecule has 0 spiro atoms. The fraction of sp³-hybridized carbons (Fsp3) is 0.375. The van der Waals surface area contributed by atoms with Crippen LogP contribution in [0, 0.1) is 6.92 Å². The Hall–Kier alpha value is -5.23. The Labute approximate surface area is 308 Å². The minimum absolute atomic E-state index is 0.0191. The van der Waals surface area contributed by atoms with Crippen molar-refractivity contribution in [2.45, 2.75) is 79.4 Å². The number of hydrogen-bond acceptors (Lipinski definition) is 9. The maximum absolute atomic E-state index is 14.6. The zero-order valence-corrected chi connectivity index (χ0v) is 31.8. The third-order valence-electron chi connectivity index (χ3n) is 8.44. The molecule has 0 saturated carbocycles. The van der Waals surface area contributed by atoms with Crippen LogP contribution in [0.4, 0.5) is 10.5 Å². The van der Waals surface area contributed by atoms with Crippen LogP contribution < -0.4 is 20.7 Å². The highest BCUT2D eigenvalue weighted by atomic mass is 32.1. The van der Waals surface area contributed by atoms with Crippen molar-refractivity contribution in [2.24, 2.45) is 0 Å². The first-order valence-electron chi connectivity index (χ1n) is 17.4. The second-order valence-corrected chi connectivity index (χ2v) is 14.9. The number of nitrogens with zero attached hydrogens (tertiary/aromatic N) is 1. The number of esters is 1. The summed E-state index contributed by atoms with van der Waals surface area (Å²) in [6.45, 7) is 14.5. The molecule has 3 amide bonds. The average Bonchev–Trinajstić information content (AvgIpc) is 3.50. The number of ether oxygens (including phenoxy) is 3. The minimum Gasteiger partial charge on any atom is -0.493 e. The number of anilines is 1. The van der Waals surface area contributed by atoms with Gasteiger partial charge in [0.05, 0.1) is 13.7 Å². The van der Waals surface area contributed by atoms with Crippen LogP contribution in [-0.2, 0) is 22.4 Å². The molecule has 0 atom stereocenters. The molecule has 52 heavy (non-hydrogen) atoms. The number of aryl methyl sites for hydroxylation is 1. The molecule has 5 rings (SSSR count). The van der Waals surface area contributed by atoms with Crippen molar-refractivity contribution in [1.29, 1.82) is 0 Å². The van der Waals surface area contributed by atoms with Crippen LogP contribution in [0.15, 0.2) is 47.8 Å². The van der Waals surface area contributed by atoms with E-state index in [9.17, 15) is 19.2 Å². The van der Waals surface area contributed by atoms with E-state index in [4.69, 9.17) is 14.2 Å². The Kier molecular flexibility index (Phi) is 11.7. The summed E-state index contributed by atoms with van der Waals surface area (Å²) in [5.41, 5.74) is 5.39. The first kappa shape index (κ1) is 38.0. The number of carbonyl (C=O) groups excluding carboxylic acids is 4. The van der Waals surface area contributed by atoms with Crippen molar-refractivity contribution in [1.82, 2.24) is 15.6 Å². The molecule has 0 fully saturated rings. The zero-order chi connectivity index (χ0) is 37.7. The van der Waals surface area contributed by atoms with Gasteiger partial charge in [-0.2, -0.15) is 0 Å². The van der Waals surface area contributed by atoms with Crippen molar-refractivity contribution < 1.29 is 33.4 Å². The Morgan fingerprint density at radius 1 is 0.981 bits per heavy atom. The van der Waals surface area contributed by atoms with Gasteiger partial charge in [0.25, 0.3) is 11.8 Å². The lowest BCUT2D eigenvalue weighted by atomic mass is 9.92. The van der Waals surface area contributed by atoms with Crippen LogP contribution in [0.1, 0.15) is 107 Å². The van der Waals surface area contributed by atoms with E-state index in [0.29, 0.717) is 42.1 Å². The number of alkyl carbamates (subject to hydrolysis) is 1. The molecule has 0 unspecified atom stereocenters. The molecule has 2 aromatic carbocycles. The molecule has 1 aliphatic heterocycles. The summed E-state index contributed by atoms with van der Waals surface area (Å²) in [4.78, 5) is 58.5. The summed E-state index contributed by atoms with van der Waals surface area (Å²) in [6.07, 6.45) is 0.918. The van der Waals surface area contributed by atoms with Crippen molar-refractivity contribution in [3.8, 4) is 27.3 Å². The predicted octanol–water partition coefficient (Wildman–Crippen LogP) is 8.05. The SMILES string of the molecule is CCCNC(=O)c1ccc(-c2cc3c(cc2C(=O)Nc2c(C)cc(CNC(=O)OC(C)(C)C)cc2C(C)C)-c2sccc2CCO3)c(C(=O)OC)n1. The fourth-order valence-corrected chi connectivity index (χ4v) is 6.98. The molecule has 11 nitrogen and oxygen atoms in total. The number of nitrogens with one attached hydrogen (secondary N) is 3. The smallest absolute Gasteiger partial charge is 0.407 e. The molecular formula is C40H46N4O7S. The van der Waals surface area contributed by atoms with Gasteiger partial charge in [-0.1, -0.05) is 32.9 Å². The van der Waals surface area contributed by atoms with Gasteiger partial charge in [-0.25, -0.2) is 14.6 Å². The average molecular weight is 727 g/mol. The Morgan fingerprint density at radius 3 is 2.44 bits per heavy atom. The second kappa shape index (κ2) is 16.0. The highest BCUT2D eigenvalue weighted by molar-refractivity contribution is 7.13. The van der Waals surface area contributed by atoms with Gasteiger partial charge in [-0.3, -0.25) is 9.59 Å². The maximum Gasteiger partial charge on any atom is 0.407 e. The molecular weight excluding hydrogens is 681 g/mol. The van der Waals surface area contributed by atoms with Crippen LogP contribution in [0.5, 0.6) is 5.75 Å². The molecule has 0 saturated heterocycles. The minimum atomic E-state index is -0.753. The highest BCUT2D eigenvalue weighted by Crippen LogP contribution is 2.43. The van der Waals surface area contributed by atoms with Crippen molar-refractivity contribution in [3.63, 3.8) is 0 Å². The summed E-state index contributed by atoms with van der Waals surface area (Å²) in [5, 5.41) is 10.8. The number of rotatable bonds is 10. The molecule has 274 valence electrons. The number of thiophene rings is 1. The Balaban J connectivity index is 1.61. The standard InChI is InChI=1S/C40H46N4O7S/c1-9-14-41-37(46)31-11-10-26(34(43-31)38(47)49-8)28-20-32-30(35-25(12-15-50-32)13-16-52-35)19-29(28)36(45)44-33-23(4)17-24(18-27(33)22(2)3)21-42-39(48)51-40(5,6)7/h10-11,13,16-20,22H,9,12,14-15,21H2,1-8H3,(H,41,46)(H,42,48)(H,44,45). The van der Waals surface area contributed by atoms with E-state index in [1.807, 2.05) is 66.0 Å². The highest BCUT2D eigenvalue weighted by Gasteiger charge is 2.28. The molecule has 2 aromatic heterocycles. The number of amides is 3. The van der Waals surface area contributed by atoms with Gasteiger partial charge in [-0.15, -0.1) is 11.3 Å². The molecule has 0 aliphatic carbocycles. The van der Waals surface area contributed by atoms with Gasteiger partial charge >= 0.3 is 12.1 Å². The first-order valence-corrected chi connectivity index (χ1v) is 18.3. The van der Waals surface area contributed by atoms with Gasteiger partial charge in [0.1, 0.15) is 17.0 Å². The summed E-state index contributed by atoms with van der Waals surface area (Å²) >= 11 is 1.57. The van der Waals surface area contributed by atoms with E-state index in [1.165, 1.54) is 13.2 Å². The van der Waals surface area contributed by atoms with Crippen LogP contribution in [0.2, 0.25) is 0 Å². The molecule has 12 heteroatoms.